The van der Waals surface area contributed by atoms with Crippen LogP contribution in [-0.4, -0.2) is 23.6 Å². The predicted octanol–water partition coefficient (Wildman–Crippen LogP) is 0.187. The zero-order valence-corrected chi connectivity index (χ0v) is 8.10. The number of carbonyl (C=O) groups excluding carboxylic acids is 1. The molecule has 0 radical (unpaired) electrons. The van der Waals surface area contributed by atoms with Gasteiger partial charge in [-0.25, -0.2) is 4.79 Å². The minimum Gasteiger partial charge on any atom is -0.442 e. The van der Waals surface area contributed by atoms with Crippen molar-refractivity contribution in [2.75, 3.05) is 6.79 Å². The standard InChI is InChI=1S/C6H13NO7/c1-6(2,3)11-5(9)7-12-14-13-10-4-8/h8H,4H2,1-3H3,(H,7,9). The smallest absolute Gasteiger partial charge is 0.434 e. The lowest BCUT2D eigenvalue weighted by atomic mass is 10.2. The molecule has 0 heterocycles. The summed E-state index contributed by atoms with van der Waals surface area (Å²) in [5.74, 6) is 0. The Hall–Kier alpha value is -0.930. The molecule has 84 valence electrons. The van der Waals surface area contributed by atoms with Gasteiger partial charge in [-0.2, -0.15) is 10.4 Å². The van der Waals surface area contributed by atoms with Crippen LogP contribution in [0.3, 0.4) is 0 Å². The lowest BCUT2D eigenvalue weighted by Crippen LogP contribution is -2.32. The van der Waals surface area contributed by atoms with Crippen LogP contribution in [0, 0.1) is 0 Å². The van der Waals surface area contributed by atoms with E-state index in [0.717, 1.165) is 0 Å². The van der Waals surface area contributed by atoms with Gasteiger partial charge in [-0.05, 0) is 30.8 Å². The summed E-state index contributed by atoms with van der Waals surface area (Å²) in [6, 6.07) is 0. The van der Waals surface area contributed by atoms with Gasteiger partial charge in [-0.1, -0.05) is 4.99 Å². The molecule has 8 heteroatoms. The first-order valence-corrected chi connectivity index (χ1v) is 3.67. The fraction of sp³-hybridized carbons (Fsp3) is 0.833. The van der Waals surface area contributed by atoms with Crippen molar-refractivity contribution in [3.05, 3.63) is 0 Å². The van der Waals surface area contributed by atoms with E-state index in [9.17, 15) is 4.79 Å². The van der Waals surface area contributed by atoms with Gasteiger partial charge >= 0.3 is 6.09 Å². The van der Waals surface area contributed by atoms with E-state index in [1.165, 1.54) is 0 Å². The van der Waals surface area contributed by atoms with Gasteiger partial charge in [0.05, 0.1) is 0 Å². The maximum atomic E-state index is 10.8. The maximum absolute atomic E-state index is 10.8. The Morgan fingerprint density at radius 3 is 2.50 bits per heavy atom. The van der Waals surface area contributed by atoms with Crippen LogP contribution in [0.5, 0.6) is 0 Å². The number of ether oxygens (including phenoxy) is 1. The summed E-state index contributed by atoms with van der Waals surface area (Å²) in [7, 11) is 0. The summed E-state index contributed by atoms with van der Waals surface area (Å²) in [5, 5.41) is 15.5. The molecule has 0 aliphatic heterocycles. The maximum Gasteiger partial charge on any atom is 0.434 e. The average Bonchev–Trinajstić information content (AvgIpc) is 2.00. The third kappa shape index (κ3) is 9.16. The average molecular weight is 211 g/mol. The van der Waals surface area contributed by atoms with Crippen molar-refractivity contribution in [2.24, 2.45) is 0 Å². The van der Waals surface area contributed by atoms with E-state index in [4.69, 9.17) is 9.84 Å². The van der Waals surface area contributed by atoms with Crippen molar-refractivity contribution in [1.82, 2.24) is 5.48 Å². The minimum absolute atomic E-state index is 0.643. The summed E-state index contributed by atoms with van der Waals surface area (Å²) in [6.45, 7) is 4.33. The Kier molecular flexibility index (Phi) is 6.08. The topological polar surface area (TPSA) is 95.5 Å². The number of nitrogens with one attached hydrogen (secondary N) is 1. The van der Waals surface area contributed by atoms with Gasteiger partial charge in [-0.3, -0.25) is 0 Å². The first-order valence-electron chi connectivity index (χ1n) is 3.67. The lowest BCUT2D eigenvalue weighted by molar-refractivity contribution is -0.650. The molecular formula is C6H13NO7. The molecule has 0 fully saturated rings. The Morgan fingerprint density at radius 1 is 1.36 bits per heavy atom. The molecule has 0 atom stereocenters. The molecule has 0 saturated carbocycles. The number of aliphatic hydroxyl groups is 1. The number of carbonyl (C=O) groups is 1. The molecule has 0 spiro atoms. The van der Waals surface area contributed by atoms with E-state index in [1.54, 1.807) is 26.3 Å². The van der Waals surface area contributed by atoms with E-state index < -0.39 is 18.5 Å². The van der Waals surface area contributed by atoms with Gasteiger partial charge in [-0.15, -0.1) is 0 Å². The molecule has 0 rings (SSSR count). The number of hydrogen-bond acceptors (Lipinski definition) is 7. The van der Waals surface area contributed by atoms with Crippen molar-refractivity contribution >= 4 is 6.09 Å². The van der Waals surface area contributed by atoms with Gasteiger partial charge in [0.2, 0.25) is 0 Å². The van der Waals surface area contributed by atoms with Crippen LogP contribution in [0.15, 0.2) is 0 Å². The van der Waals surface area contributed by atoms with E-state index in [1.807, 2.05) is 0 Å². The molecule has 0 aromatic carbocycles. The number of hydrogen-bond donors (Lipinski definition) is 2. The molecule has 0 aliphatic carbocycles. The third-order valence-corrected chi connectivity index (χ3v) is 0.686. The highest BCUT2D eigenvalue weighted by Gasteiger charge is 2.16. The highest BCUT2D eigenvalue weighted by Crippen LogP contribution is 2.06. The molecule has 0 aromatic rings. The van der Waals surface area contributed by atoms with Crippen LogP contribution < -0.4 is 5.48 Å². The van der Waals surface area contributed by atoms with Crippen LogP contribution in [-0.2, 0) is 24.7 Å². The van der Waals surface area contributed by atoms with Crippen LogP contribution in [0.2, 0.25) is 0 Å². The van der Waals surface area contributed by atoms with E-state index in [0.29, 0.717) is 0 Å². The number of aliphatic hydroxyl groups excluding tert-OH is 1. The first-order chi connectivity index (χ1) is 6.45. The molecular weight excluding hydrogens is 198 g/mol. The summed E-state index contributed by atoms with van der Waals surface area (Å²) >= 11 is 0. The van der Waals surface area contributed by atoms with Crippen molar-refractivity contribution in [3.63, 3.8) is 0 Å². The Bertz CT molecular complexity index is 166. The Morgan fingerprint density at radius 2 is 2.00 bits per heavy atom. The molecule has 14 heavy (non-hydrogen) atoms. The molecule has 1 amide bonds. The van der Waals surface area contributed by atoms with Crippen molar-refractivity contribution in [1.29, 1.82) is 0 Å². The number of rotatable bonds is 5. The number of amides is 1. The van der Waals surface area contributed by atoms with Crippen LogP contribution in [0.25, 0.3) is 0 Å². The molecule has 0 bridgehead atoms. The second kappa shape index (κ2) is 6.51. The molecule has 2 N–H and O–H groups in total. The number of hydroxylamine groups is 1. The fourth-order valence-corrected chi connectivity index (χ4v) is 0.405. The SMILES string of the molecule is CC(C)(C)OC(=O)NOOOOCO. The monoisotopic (exact) mass is 211 g/mol. The summed E-state index contributed by atoms with van der Waals surface area (Å²) < 4.78 is 4.74. The van der Waals surface area contributed by atoms with Crippen molar-refractivity contribution in [3.8, 4) is 0 Å². The van der Waals surface area contributed by atoms with Gasteiger partial charge < -0.3 is 9.84 Å². The minimum atomic E-state index is -0.856. The van der Waals surface area contributed by atoms with Crippen LogP contribution in [0.1, 0.15) is 20.8 Å². The van der Waals surface area contributed by atoms with Crippen LogP contribution >= 0.6 is 0 Å². The molecule has 0 aromatic heterocycles. The second-order valence-corrected chi connectivity index (χ2v) is 3.07. The van der Waals surface area contributed by atoms with Gasteiger partial charge in [0.1, 0.15) is 5.60 Å². The molecule has 8 nitrogen and oxygen atoms in total. The van der Waals surface area contributed by atoms with Crippen LogP contribution in [0.4, 0.5) is 4.79 Å². The van der Waals surface area contributed by atoms with Crippen molar-refractivity contribution < 1.29 is 34.6 Å². The van der Waals surface area contributed by atoms with Crippen molar-refractivity contribution in [2.45, 2.75) is 26.4 Å². The molecule has 0 aliphatic rings. The van der Waals surface area contributed by atoms with E-state index in [-0.39, 0.29) is 0 Å². The van der Waals surface area contributed by atoms with Gasteiger partial charge in [0.15, 0.2) is 6.79 Å². The fourth-order valence-electron chi connectivity index (χ4n) is 0.405. The summed E-state index contributed by atoms with van der Waals surface area (Å²) in [5.41, 5.74) is 1.09. The summed E-state index contributed by atoms with van der Waals surface area (Å²) in [4.78, 5) is 18.6. The highest BCUT2D eigenvalue weighted by molar-refractivity contribution is 5.66. The third-order valence-electron chi connectivity index (χ3n) is 0.686. The zero-order chi connectivity index (χ0) is 11.0. The molecule has 0 saturated heterocycles. The van der Waals surface area contributed by atoms with Gasteiger partial charge in [0.25, 0.3) is 0 Å². The largest absolute Gasteiger partial charge is 0.442 e. The highest BCUT2D eigenvalue weighted by atomic mass is 17.7. The zero-order valence-electron chi connectivity index (χ0n) is 8.10. The van der Waals surface area contributed by atoms with E-state index in [2.05, 4.69) is 20.0 Å². The first kappa shape index (κ1) is 13.1. The Balaban J connectivity index is 3.36. The molecule has 0 unspecified atom stereocenters. The second-order valence-electron chi connectivity index (χ2n) is 3.07. The summed E-state index contributed by atoms with van der Waals surface area (Å²) in [6.07, 6.45) is -0.856. The van der Waals surface area contributed by atoms with E-state index >= 15 is 0 Å². The predicted molar refractivity (Wildman–Crippen MR) is 40.8 cm³/mol. The quantitative estimate of drug-likeness (QED) is 0.290. The van der Waals surface area contributed by atoms with Gasteiger partial charge in [0, 0.05) is 0 Å². The normalized spacial score (nSPS) is 11.1. The Labute approximate surface area is 80.4 Å². The lowest BCUT2D eigenvalue weighted by Gasteiger charge is -2.18.